The number of halogens is 1. The van der Waals surface area contributed by atoms with Gasteiger partial charge in [-0.25, -0.2) is 14.0 Å². The van der Waals surface area contributed by atoms with Gasteiger partial charge in [0.25, 0.3) is 0 Å². The van der Waals surface area contributed by atoms with Crippen LogP contribution in [0.5, 0.6) is 0 Å². The minimum absolute atomic E-state index is 0.00833. The van der Waals surface area contributed by atoms with E-state index in [0.717, 1.165) is 12.1 Å². The number of aromatic carboxylic acids is 2. The summed E-state index contributed by atoms with van der Waals surface area (Å²) in [7, 11) is 0. The Labute approximate surface area is 118 Å². The van der Waals surface area contributed by atoms with Crippen LogP contribution >= 0.6 is 0 Å². The third-order valence-electron chi connectivity index (χ3n) is 3.42. The molecule has 104 valence electrons. The number of hydrogen-bond donors (Lipinski definition) is 2. The van der Waals surface area contributed by atoms with Crippen molar-refractivity contribution in [1.82, 2.24) is 0 Å². The number of hydrogen-bond acceptors (Lipinski definition) is 2. The van der Waals surface area contributed by atoms with Gasteiger partial charge in [0.2, 0.25) is 0 Å². The molecule has 0 atom stereocenters. The van der Waals surface area contributed by atoms with Gasteiger partial charge in [0.1, 0.15) is 5.82 Å². The molecule has 0 saturated heterocycles. The highest BCUT2D eigenvalue weighted by Gasteiger charge is 2.21. The molecule has 3 aromatic rings. The summed E-state index contributed by atoms with van der Waals surface area (Å²) in [5, 5.41) is 19.5. The molecular weight excluding hydrogens is 275 g/mol. The van der Waals surface area contributed by atoms with Gasteiger partial charge < -0.3 is 10.2 Å². The van der Waals surface area contributed by atoms with Crippen molar-refractivity contribution in [3.05, 3.63) is 59.4 Å². The number of carboxylic acids is 2. The summed E-state index contributed by atoms with van der Waals surface area (Å²) >= 11 is 0. The third-order valence-corrected chi connectivity index (χ3v) is 3.42. The fourth-order valence-electron chi connectivity index (χ4n) is 2.55. The van der Waals surface area contributed by atoms with E-state index in [1.807, 2.05) is 0 Å². The van der Waals surface area contributed by atoms with E-state index >= 15 is 0 Å². The number of carbonyl (C=O) groups is 2. The van der Waals surface area contributed by atoms with Gasteiger partial charge in [-0.1, -0.05) is 24.3 Å². The molecule has 0 fully saturated rings. The van der Waals surface area contributed by atoms with Gasteiger partial charge in [0.15, 0.2) is 0 Å². The minimum Gasteiger partial charge on any atom is -0.478 e. The van der Waals surface area contributed by atoms with E-state index in [1.165, 1.54) is 6.07 Å². The molecule has 4 nitrogen and oxygen atoms in total. The molecular formula is C16H9FO4. The summed E-state index contributed by atoms with van der Waals surface area (Å²) in [6.07, 6.45) is 0. The van der Waals surface area contributed by atoms with Crippen molar-refractivity contribution in [2.24, 2.45) is 0 Å². The lowest BCUT2D eigenvalue weighted by Crippen LogP contribution is -2.06. The average Bonchev–Trinajstić information content (AvgIpc) is 2.45. The van der Waals surface area contributed by atoms with E-state index in [1.54, 1.807) is 24.3 Å². The van der Waals surface area contributed by atoms with Crippen molar-refractivity contribution in [1.29, 1.82) is 0 Å². The smallest absolute Gasteiger partial charge is 0.336 e. The maximum absolute atomic E-state index is 14.0. The Hall–Kier alpha value is -2.95. The van der Waals surface area contributed by atoms with E-state index in [-0.39, 0.29) is 21.9 Å². The second kappa shape index (κ2) is 4.56. The van der Waals surface area contributed by atoms with E-state index in [2.05, 4.69) is 0 Å². The van der Waals surface area contributed by atoms with Gasteiger partial charge in [-0.15, -0.1) is 0 Å². The van der Waals surface area contributed by atoms with E-state index in [4.69, 9.17) is 0 Å². The van der Waals surface area contributed by atoms with Gasteiger partial charge in [-0.05, 0) is 29.0 Å². The number of carboxylic acid groups (broad SMARTS) is 2. The Bertz CT molecular complexity index is 915. The molecule has 21 heavy (non-hydrogen) atoms. The second-order valence-corrected chi connectivity index (χ2v) is 4.60. The largest absolute Gasteiger partial charge is 0.478 e. The molecule has 0 heterocycles. The quantitative estimate of drug-likeness (QED) is 0.706. The van der Waals surface area contributed by atoms with Crippen molar-refractivity contribution in [2.75, 3.05) is 0 Å². The van der Waals surface area contributed by atoms with Crippen LogP contribution in [0, 0.1) is 5.82 Å². The monoisotopic (exact) mass is 284 g/mol. The average molecular weight is 284 g/mol. The normalized spacial score (nSPS) is 10.9. The molecule has 0 aliphatic heterocycles. The van der Waals surface area contributed by atoms with Crippen LogP contribution in [-0.4, -0.2) is 22.2 Å². The van der Waals surface area contributed by atoms with Crippen LogP contribution in [0.3, 0.4) is 0 Å². The van der Waals surface area contributed by atoms with Gasteiger partial charge in [0.05, 0.1) is 11.1 Å². The Balaban J connectivity index is 2.67. The first-order chi connectivity index (χ1) is 10.0. The lowest BCUT2D eigenvalue weighted by atomic mass is 9.93. The van der Waals surface area contributed by atoms with Gasteiger partial charge in [-0.2, -0.15) is 0 Å². The molecule has 0 unspecified atom stereocenters. The van der Waals surface area contributed by atoms with Crippen LogP contribution in [0.2, 0.25) is 0 Å². The highest BCUT2D eigenvalue weighted by molar-refractivity contribution is 6.20. The maximum atomic E-state index is 14.0. The Morgan fingerprint density at radius 2 is 1.62 bits per heavy atom. The fourth-order valence-corrected chi connectivity index (χ4v) is 2.55. The molecule has 5 heteroatoms. The lowest BCUT2D eigenvalue weighted by Gasteiger charge is -2.11. The van der Waals surface area contributed by atoms with Crippen molar-refractivity contribution in [2.45, 2.75) is 0 Å². The predicted molar refractivity (Wildman–Crippen MR) is 75.3 cm³/mol. The van der Waals surface area contributed by atoms with E-state index < -0.39 is 17.8 Å². The molecule has 0 saturated carbocycles. The zero-order chi connectivity index (χ0) is 15.1. The predicted octanol–water partition coefficient (Wildman–Crippen LogP) is 3.53. The Morgan fingerprint density at radius 1 is 0.905 bits per heavy atom. The zero-order valence-corrected chi connectivity index (χ0v) is 10.6. The van der Waals surface area contributed by atoms with Crippen LogP contribution < -0.4 is 0 Å². The van der Waals surface area contributed by atoms with E-state index in [0.29, 0.717) is 10.8 Å². The summed E-state index contributed by atoms with van der Waals surface area (Å²) in [5.41, 5.74) is -0.422. The molecule has 0 amide bonds. The van der Waals surface area contributed by atoms with Crippen LogP contribution in [0.1, 0.15) is 20.7 Å². The summed E-state index contributed by atoms with van der Waals surface area (Å²) in [4.78, 5) is 22.9. The van der Waals surface area contributed by atoms with Crippen molar-refractivity contribution in [3.63, 3.8) is 0 Å². The fraction of sp³-hybridized carbons (Fsp3) is 0. The molecule has 3 aromatic carbocycles. The topological polar surface area (TPSA) is 74.6 Å². The van der Waals surface area contributed by atoms with E-state index in [9.17, 15) is 24.2 Å². The SMILES string of the molecule is O=C(O)c1ccc(F)c2cc3ccccc3c(C(=O)O)c12. The molecule has 0 aromatic heterocycles. The summed E-state index contributed by atoms with van der Waals surface area (Å²) in [5.74, 6) is -3.23. The first kappa shape index (κ1) is 13.1. The summed E-state index contributed by atoms with van der Waals surface area (Å²) in [6.45, 7) is 0. The highest BCUT2D eigenvalue weighted by atomic mass is 19.1. The molecule has 0 aliphatic carbocycles. The van der Waals surface area contributed by atoms with Crippen LogP contribution in [0.15, 0.2) is 42.5 Å². The summed E-state index contributed by atoms with van der Waals surface area (Å²) < 4.78 is 14.0. The first-order valence-electron chi connectivity index (χ1n) is 6.11. The zero-order valence-electron chi connectivity index (χ0n) is 10.6. The molecule has 0 aliphatic rings. The lowest BCUT2D eigenvalue weighted by molar-refractivity contribution is 0.0696. The third kappa shape index (κ3) is 1.90. The highest BCUT2D eigenvalue weighted by Crippen LogP contribution is 2.32. The molecule has 0 radical (unpaired) electrons. The number of benzene rings is 3. The van der Waals surface area contributed by atoms with Gasteiger partial charge in [0, 0.05) is 10.8 Å². The minimum atomic E-state index is -1.29. The molecule has 2 N–H and O–H groups in total. The number of fused-ring (bicyclic) bond motifs is 2. The van der Waals surface area contributed by atoms with Crippen LogP contribution in [0.25, 0.3) is 21.5 Å². The van der Waals surface area contributed by atoms with Crippen molar-refractivity contribution < 1.29 is 24.2 Å². The molecule has 0 spiro atoms. The van der Waals surface area contributed by atoms with Crippen LogP contribution in [0.4, 0.5) is 4.39 Å². The van der Waals surface area contributed by atoms with Crippen molar-refractivity contribution in [3.8, 4) is 0 Å². The second-order valence-electron chi connectivity index (χ2n) is 4.60. The molecule has 0 bridgehead atoms. The van der Waals surface area contributed by atoms with Gasteiger partial charge in [-0.3, -0.25) is 0 Å². The van der Waals surface area contributed by atoms with Crippen LogP contribution in [-0.2, 0) is 0 Å². The summed E-state index contributed by atoms with van der Waals surface area (Å²) in [6, 6.07) is 10.2. The Kier molecular flexibility index (Phi) is 2.83. The maximum Gasteiger partial charge on any atom is 0.336 e. The first-order valence-corrected chi connectivity index (χ1v) is 6.11. The number of rotatable bonds is 2. The van der Waals surface area contributed by atoms with Gasteiger partial charge >= 0.3 is 11.9 Å². The van der Waals surface area contributed by atoms with Crippen molar-refractivity contribution >= 4 is 33.5 Å². The Morgan fingerprint density at radius 3 is 2.29 bits per heavy atom. The standard InChI is InChI=1S/C16H9FO4/c17-12-6-5-10(15(18)19)13-11(12)7-8-3-1-2-4-9(8)14(13)16(20)21/h1-7H,(H,18,19)(H,20,21). The molecule has 3 rings (SSSR count).